The molecule has 0 spiro atoms. The SMILES string of the molecule is N#Cc1c(CN)ncc(OC(F)(F)F)c1C(F)F. The van der Waals surface area contributed by atoms with Crippen LogP contribution >= 0.6 is 0 Å². The van der Waals surface area contributed by atoms with E-state index in [1.807, 2.05) is 0 Å². The third-order valence-corrected chi connectivity index (χ3v) is 1.91. The topological polar surface area (TPSA) is 71.9 Å². The number of nitrogens with two attached hydrogens (primary N) is 1. The van der Waals surface area contributed by atoms with E-state index >= 15 is 0 Å². The lowest BCUT2D eigenvalue weighted by molar-refractivity contribution is -0.275. The van der Waals surface area contributed by atoms with Gasteiger partial charge < -0.3 is 10.5 Å². The lowest BCUT2D eigenvalue weighted by atomic mass is 10.1. The van der Waals surface area contributed by atoms with Crippen molar-refractivity contribution in [3.05, 3.63) is 23.0 Å². The van der Waals surface area contributed by atoms with Crippen LogP contribution < -0.4 is 10.5 Å². The smallest absolute Gasteiger partial charge is 0.404 e. The molecule has 0 radical (unpaired) electrons. The molecule has 9 heteroatoms. The second-order valence-electron chi connectivity index (χ2n) is 3.02. The van der Waals surface area contributed by atoms with Gasteiger partial charge in [0.05, 0.1) is 23.0 Å². The maximum atomic E-state index is 12.7. The van der Waals surface area contributed by atoms with Gasteiger partial charge in [-0.1, -0.05) is 0 Å². The summed E-state index contributed by atoms with van der Waals surface area (Å²) in [4.78, 5) is 3.39. The van der Waals surface area contributed by atoms with E-state index in [2.05, 4.69) is 9.72 Å². The summed E-state index contributed by atoms with van der Waals surface area (Å²) in [7, 11) is 0. The van der Waals surface area contributed by atoms with Crippen LogP contribution in [0.15, 0.2) is 6.20 Å². The van der Waals surface area contributed by atoms with Crippen LogP contribution in [0.2, 0.25) is 0 Å². The second-order valence-corrected chi connectivity index (χ2v) is 3.02. The number of hydrogen-bond acceptors (Lipinski definition) is 4. The molecule has 0 aromatic carbocycles. The van der Waals surface area contributed by atoms with Crippen molar-refractivity contribution in [3.63, 3.8) is 0 Å². The van der Waals surface area contributed by atoms with Crippen molar-refractivity contribution in [1.82, 2.24) is 4.98 Å². The first-order valence-electron chi connectivity index (χ1n) is 4.46. The Balaban J connectivity index is 3.41. The van der Waals surface area contributed by atoms with Crippen LogP contribution in [0.1, 0.15) is 23.2 Å². The van der Waals surface area contributed by atoms with Crippen LogP contribution in [0.5, 0.6) is 5.75 Å². The van der Waals surface area contributed by atoms with Gasteiger partial charge in [0.2, 0.25) is 0 Å². The number of nitrogens with zero attached hydrogens (tertiary/aromatic N) is 2. The molecule has 1 aromatic heterocycles. The Hall–Kier alpha value is -1.95. The molecular weight excluding hydrogens is 261 g/mol. The highest BCUT2D eigenvalue weighted by molar-refractivity contribution is 5.49. The summed E-state index contributed by atoms with van der Waals surface area (Å²) >= 11 is 0. The number of ether oxygens (including phenoxy) is 1. The first kappa shape index (κ1) is 14.1. The predicted molar refractivity (Wildman–Crippen MR) is 48.5 cm³/mol. The van der Waals surface area contributed by atoms with Gasteiger partial charge in [-0.2, -0.15) is 5.26 Å². The molecule has 18 heavy (non-hydrogen) atoms. The molecular formula is C9H6F5N3O. The Kier molecular flexibility index (Phi) is 4.03. The van der Waals surface area contributed by atoms with Gasteiger partial charge in [0, 0.05) is 6.54 Å². The van der Waals surface area contributed by atoms with Crippen LogP contribution in [0.4, 0.5) is 22.0 Å². The van der Waals surface area contributed by atoms with Gasteiger partial charge in [-0.25, -0.2) is 8.78 Å². The number of aromatic nitrogens is 1. The van der Waals surface area contributed by atoms with Gasteiger partial charge in [0.25, 0.3) is 6.43 Å². The molecule has 0 aliphatic heterocycles. The van der Waals surface area contributed by atoms with Crippen LogP contribution in [-0.4, -0.2) is 11.3 Å². The average molecular weight is 267 g/mol. The molecule has 4 nitrogen and oxygen atoms in total. The lowest BCUT2D eigenvalue weighted by Gasteiger charge is -2.14. The van der Waals surface area contributed by atoms with Crippen molar-refractivity contribution < 1.29 is 26.7 Å². The minimum absolute atomic E-state index is 0.220. The van der Waals surface area contributed by atoms with Gasteiger partial charge in [-0.3, -0.25) is 4.98 Å². The van der Waals surface area contributed by atoms with E-state index in [1.165, 1.54) is 6.07 Å². The molecule has 0 unspecified atom stereocenters. The molecule has 0 atom stereocenters. The van der Waals surface area contributed by atoms with Crippen molar-refractivity contribution >= 4 is 0 Å². The summed E-state index contributed by atoms with van der Waals surface area (Å²) in [6.45, 7) is -0.352. The molecule has 0 saturated carbocycles. The molecule has 0 aliphatic rings. The third-order valence-electron chi connectivity index (χ3n) is 1.91. The Morgan fingerprint density at radius 1 is 1.44 bits per heavy atom. The summed E-state index contributed by atoms with van der Waals surface area (Å²) in [5, 5.41) is 8.69. The number of pyridine rings is 1. The quantitative estimate of drug-likeness (QED) is 0.852. The molecule has 1 heterocycles. The minimum atomic E-state index is -5.15. The van der Waals surface area contributed by atoms with Crippen molar-refractivity contribution in [3.8, 4) is 11.8 Å². The van der Waals surface area contributed by atoms with Gasteiger partial charge in [-0.15, -0.1) is 13.2 Å². The zero-order chi connectivity index (χ0) is 13.9. The molecule has 2 N–H and O–H groups in total. The fraction of sp³-hybridized carbons (Fsp3) is 0.333. The highest BCUT2D eigenvalue weighted by Crippen LogP contribution is 2.35. The number of nitriles is 1. The van der Waals surface area contributed by atoms with Gasteiger partial charge in [0.1, 0.15) is 6.07 Å². The highest BCUT2D eigenvalue weighted by atomic mass is 19.4. The van der Waals surface area contributed by atoms with E-state index in [0.29, 0.717) is 6.20 Å². The number of hydrogen-bond donors (Lipinski definition) is 1. The summed E-state index contributed by atoms with van der Waals surface area (Å²) in [6, 6.07) is 1.35. The molecule has 0 saturated heterocycles. The van der Waals surface area contributed by atoms with Crippen molar-refractivity contribution in [2.24, 2.45) is 5.73 Å². The molecule has 0 fully saturated rings. The summed E-state index contributed by atoms with van der Waals surface area (Å²) < 4.78 is 64.8. The molecule has 0 aliphatic carbocycles. The molecule has 1 rings (SSSR count). The largest absolute Gasteiger partial charge is 0.573 e. The van der Waals surface area contributed by atoms with E-state index in [-0.39, 0.29) is 12.2 Å². The van der Waals surface area contributed by atoms with Gasteiger partial charge >= 0.3 is 6.36 Å². The first-order chi connectivity index (χ1) is 8.30. The Bertz CT molecular complexity index is 480. The van der Waals surface area contributed by atoms with Crippen molar-refractivity contribution in [2.75, 3.05) is 0 Å². The van der Waals surface area contributed by atoms with Crippen LogP contribution in [0.25, 0.3) is 0 Å². The van der Waals surface area contributed by atoms with E-state index in [9.17, 15) is 22.0 Å². The highest BCUT2D eigenvalue weighted by Gasteiger charge is 2.35. The zero-order valence-electron chi connectivity index (χ0n) is 8.63. The molecule has 98 valence electrons. The standard InChI is InChI=1S/C9H6F5N3O/c10-8(11)7-4(1-15)5(2-16)17-3-6(7)18-9(12,13)14/h3,8H,2,16H2. The summed E-state index contributed by atoms with van der Waals surface area (Å²) in [5.41, 5.74) is 3.07. The predicted octanol–water partition coefficient (Wildman–Crippen LogP) is 2.25. The normalized spacial score (nSPS) is 11.4. The van der Waals surface area contributed by atoms with Crippen molar-refractivity contribution in [1.29, 1.82) is 5.26 Å². The third kappa shape index (κ3) is 3.04. The summed E-state index contributed by atoms with van der Waals surface area (Å²) in [5.74, 6) is -1.20. The monoisotopic (exact) mass is 267 g/mol. The maximum Gasteiger partial charge on any atom is 0.573 e. The Morgan fingerprint density at radius 2 is 2.06 bits per heavy atom. The maximum absolute atomic E-state index is 12.7. The molecule has 1 aromatic rings. The first-order valence-corrected chi connectivity index (χ1v) is 4.46. The van der Waals surface area contributed by atoms with Crippen LogP contribution in [-0.2, 0) is 6.54 Å². The number of alkyl halides is 5. The fourth-order valence-electron chi connectivity index (χ4n) is 1.25. The number of halogens is 5. The van der Waals surface area contributed by atoms with E-state index in [0.717, 1.165) is 0 Å². The Morgan fingerprint density at radius 3 is 2.44 bits per heavy atom. The van der Waals surface area contributed by atoms with Crippen molar-refractivity contribution in [2.45, 2.75) is 19.3 Å². The lowest BCUT2D eigenvalue weighted by Crippen LogP contribution is -2.19. The van der Waals surface area contributed by atoms with Crippen LogP contribution in [0, 0.1) is 11.3 Å². The van der Waals surface area contributed by atoms with E-state index in [4.69, 9.17) is 11.0 Å². The van der Waals surface area contributed by atoms with E-state index < -0.39 is 29.7 Å². The minimum Gasteiger partial charge on any atom is -0.404 e. The average Bonchev–Trinajstić information content (AvgIpc) is 2.25. The van der Waals surface area contributed by atoms with Gasteiger partial charge in [-0.05, 0) is 0 Å². The van der Waals surface area contributed by atoms with E-state index in [1.54, 1.807) is 0 Å². The second kappa shape index (κ2) is 5.14. The molecule has 0 bridgehead atoms. The number of rotatable bonds is 3. The Labute approximate surface area is 97.8 Å². The summed E-state index contributed by atoms with van der Waals surface area (Å²) in [6.07, 6.45) is -7.99. The zero-order valence-corrected chi connectivity index (χ0v) is 8.63. The van der Waals surface area contributed by atoms with Crippen LogP contribution in [0.3, 0.4) is 0 Å². The molecule has 0 amide bonds. The fourth-order valence-corrected chi connectivity index (χ4v) is 1.25. The van der Waals surface area contributed by atoms with Gasteiger partial charge in [0.15, 0.2) is 5.75 Å².